The molecular weight excluding hydrogens is 461 g/mol. The number of hydrogen-bond acceptors (Lipinski definition) is 4. The van der Waals surface area contributed by atoms with E-state index in [0.717, 1.165) is 29.3 Å². The molecule has 4 atom stereocenters. The fraction of sp³-hybridized carbons (Fsp3) is 0.722. The fourth-order valence-electron chi connectivity index (χ4n) is 3.85. The van der Waals surface area contributed by atoms with Crippen molar-refractivity contribution in [1.82, 2.24) is 20.5 Å². The Hall–Kier alpha value is -0.900. The molecule has 0 radical (unpaired) electrons. The molecule has 6 nitrogen and oxygen atoms in total. The molecule has 0 spiro atoms. The molecule has 3 rings (SSSR count). The van der Waals surface area contributed by atoms with Gasteiger partial charge in [-0.1, -0.05) is 13.3 Å². The summed E-state index contributed by atoms with van der Waals surface area (Å²) in [5.74, 6) is 2.73. The molecule has 0 aliphatic heterocycles. The number of aromatic nitrogens is 1. The number of fused-ring (bicyclic) bond motifs is 2. The Balaban J connectivity index is 0.00000243. The van der Waals surface area contributed by atoms with E-state index in [0.29, 0.717) is 12.0 Å². The van der Waals surface area contributed by atoms with E-state index in [9.17, 15) is 4.79 Å². The molecule has 4 unspecified atom stereocenters. The maximum absolute atomic E-state index is 11.9. The first-order valence-corrected chi connectivity index (χ1v) is 10.0. The Labute approximate surface area is 177 Å². The summed E-state index contributed by atoms with van der Waals surface area (Å²) in [5.41, 5.74) is 0. The van der Waals surface area contributed by atoms with Crippen molar-refractivity contribution in [2.45, 2.75) is 44.6 Å². The molecule has 1 aromatic rings. The predicted molar refractivity (Wildman–Crippen MR) is 117 cm³/mol. The second kappa shape index (κ2) is 9.87. The smallest absolute Gasteiger partial charge is 0.243 e. The average Bonchev–Trinajstić information content (AvgIpc) is 3.33. The van der Waals surface area contributed by atoms with Crippen LogP contribution in [0.3, 0.4) is 0 Å². The molecule has 2 bridgehead atoms. The van der Waals surface area contributed by atoms with Crippen molar-refractivity contribution in [3.63, 3.8) is 0 Å². The van der Waals surface area contributed by atoms with E-state index >= 15 is 0 Å². The lowest BCUT2D eigenvalue weighted by Crippen LogP contribution is -2.47. The maximum atomic E-state index is 11.9. The second-order valence-electron chi connectivity index (χ2n) is 7.53. The summed E-state index contributed by atoms with van der Waals surface area (Å²) in [4.78, 5) is 22.4. The highest BCUT2D eigenvalue weighted by molar-refractivity contribution is 14.0. The van der Waals surface area contributed by atoms with Crippen LogP contribution < -0.4 is 10.6 Å². The average molecular weight is 491 g/mol. The number of amides is 1. The Morgan fingerprint density at radius 1 is 1.42 bits per heavy atom. The van der Waals surface area contributed by atoms with Gasteiger partial charge in [-0.3, -0.25) is 4.79 Å². The minimum Gasteiger partial charge on any atom is -0.356 e. The zero-order valence-corrected chi connectivity index (χ0v) is 18.9. The van der Waals surface area contributed by atoms with Crippen LogP contribution in [0.5, 0.6) is 0 Å². The van der Waals surface area contributed by atoms with E-state index in [2.05, 4.69) is 27.5 Å². The topological polar surface area (TPSA) is 69.6 Å². The van der Waals surface area contributed by atoms with Gasteiger partial charge in [0, 0.05) is 44.2 Å². The van der Waals surface area contributed by atoms with E-state index in [1.54, 1.807) is 30.3 Å². The summed E-state index contributed by atoms with van der Waals surface area (Å²) >= 11 is 1.68. The van der Waals surface area contributed by atoms with Crippen LogP contribution in [0.2, 0.25) is 0 Å². The Morgan fingerprint density at radius 2 is 2.23 bits per heavy atom. The van der Waals surface area contributed by atoms with E-state index in [-0.39, 0.29) is 36.4 Å². The summed E-state index contributed by atoms with van der Waals surface area (Å²) < 4.78 is 0. The van der Waals surface area contributed by atoms with Gasteiger partial charge in [0.05, 0.1) is 5.01 Å². The molecule has 2 N–H and O–H groups in total. The van der Waals surface area contributed by atoms with Gasteiger partial charge in [-0.2, -0.15) is 0 Å². The molecule has 1 heterocycles. The van der Waals surface area contributed by atoms with Crippen molar-refractivity contribution in [3.05, 3.63) is 16.6 Å². The number of carbonyl (C=O) groups is 1. The third kappa shape index (κ3) is 5.55. The van der Waals surface area contributed by atoms with Crippen molar-refractivity contribution >= 4 is 47.2 Å². The molecule has 2 saturated carbocycles. The van der Waals surface area contributed by atoms with Gasteiger partial charge in [0.1, 0.15) is 6.54 Å². The lowest BCUT2D eigenvalue weighted by molar-refractivity contribution is -0.127. The zero-order chi connectivity index (χ0) is 17.8. The van der Waals surface area contributed by atoms with Crippen molar-refractivity contribution in [1.29, 1.82) is 0 Å². The van der Waals surface area contributed by atoms with Crippen LogP contribution in [0.25, 0.3) is 0 Å². The van der Waals surface area contributed by atoms with E-state index in [1.807, 2.05) is 11.6 Å². The fourth-order valence-corrected chi connectivity index (χ4v) is 4.55. The number of nitrogens with zero attached hydrogens (tertiary/aromatic N) is 3. The first-order chi connectivity index (χ1) is 12.0. The van der Waals surface area contributed by atoms with E-state index in [4.69, 9.17) is 0 Å². The number of halogens is 1. The monoisotopic (exact) mass is 491 g/mol. The number of thiazole rings is 1. The maximum Gasteiger partial charge on any atom is 0.243 e. The van der Waals surface area contributed by atoms with Gasteiger partial charge in [0.15, 0.2) is 5.96 Å². The van der Waals surface area contributed by atoms with Gasteiger partial charge in [-0.15, -0.1) is 35.3 Å². The number of carbonyl (C=O) groups excluding carboxylic acids is 1. The number of hydrogen-bond donors (Lipinski definition) is 2. The summed E-state index contributed by atoms with van der Waals surface area (Å²) in [7, 11) is 3.53. The summed E-state index contributed by atoms with van der Waals surface area (Å²) in [6, 6.07) is 0.495. The van der Waals surface area contributed by atoms with Gasteiger partial charge in [-0.25, -0.2) is 9.98 Å². The molecule has 2 aliphatic rings. The summed E-state index contributed by atoms with van der Waals surface area (Å²) in [6.45, 7) is 3.09. The highest BCUT2D eigenvalue weighted by Gasteiger charge is 2.39. The minimum atomic E-state index is 0. The van der Waals surface area contributed by atoms with Gasteiger partial charge >= 0.3 is 0 Å². The first-order valence-electron chi connectivity index (χ1n) is 9.17. The van der Waals surface area contributed by atoms with Crippen LogP contribution in [-0.2, 0) is 4.79 Å². The molecule has 2 fully saturated rings. The number of guanidine groups is 1. The molecule has 146 valence electrons. The molecular formula is C18H30IN5OS. The van der Waals surface area contributed by atoms with Crippen LogP contribution in [0.4, 0.5) is 0 Å². The minimum absolute atomic E-state index is 0. The van der Waals surface area contributed by atoms with Crippen LogP contribution in [0, 0.1) is 11.8 Å². The third-order valence-corrected chi connectivity index (χ3v) is 6.39. The predicted octanol–water partition coefficient (Wildman–Crippen LogP) is 2.68. The lowest BCUT2D eigenvalue weighted by Gasteiger charge is -2.26. The molecule has 8 heteroatoms. The Bertz CT molecular complexity index is 607. The van der Waals surface area contributed by atoms with Gasteiger partial charge in [0.25, 0.3) is 0 Å². The molecule has 0 aromatic carbocycles. The van der Waals surface area contributed by atoms with Gasteiger partial charge < -0.3 is 15.5 Å². The molecule has 0 saturated heterocycles. The van der Waals surface area contributed by atoms with Crippen molar-refractivity contribution in [3.8, 4) is 0 Å². The molecule has 26 heavy (non-hydrogen) atoms. The SMILES string of the molecule is CC(CNC(=NCC(=O)N(C)C)NC1CC2CCC1C2)c1nccs1.I. The second-order valence-corrected chi connectivity index (χ2v) is 8.46. The number of aliphatic imine (C=N–C) groups is 1. The molecule has 1 amide bonds. The molecule has 2 aliphatic carbocycles. The van der Waals surface area contributed by atoms with Crippen LogP contribution in [-0.4, -0.2) is 55.0 Å². The highest BCUT2D eigenvalue weighted by atomic mass is 127. The van der Waals surface area contributed by atoms with Crippen molar-refractivity contribution in [2.75, 3.05) is 27.2 Å². The van der Waals surface area contributed by atoms with E-state index < -0.39 is 0 Å². The lowest BCUT2D eigenvalue weighted by atomic mass is 9.95. The first kappa shape index (κ1) is 21.4. The number of rotatable bonds is 6. The normalized spacial score (nSPS) is 25.5. The Kier molecular flexibility index (Phi) is 8.12. The van der Waals surface area contributed by atoms with Gasteiger partial charge in [-0.05, 0) is 31.1 Å². The van der Waals surface area contributed by atoms with Crippen molar-refractivity contribution < 1.29 is 4.79 Å². The largest absolute Gasteiger partial charge is 0.356 e. The van der Waals surface area contributed by atoms with Crippen LogP contribution in [0.1, 0.15) is 43.5 Å². The van der Waals surface area contributed by atoms with Crippen LogP contribution >= 0.6 is 35.3 Å². The van der Waals surface area contributed by atoms with Crippen molar-refractivity contribution in [2.24, 2.45) is 16.8 Å². The van der Waals surface area contributed by atoms with Crippen LogP contribution in [0.15, 0.2) is 16.6 Å². The number of likely N-dealkylation sites (N-methyl/N-ethyl adjacent to an activating group) is 1. The third-order valence-electron chi connectivity index (χ3n) is 5.38. The highest BCUT2D eigenvalue weighted by Crippen LogP contribution is 2.44. The molecule has 1 aromatic heterocycles. The van der Waals surface area contributed by atoms with Gasteiger partial charge in [0.2, 0.25) is 5.91 Å². The summed E-state index contributed by atoms with van der Waals surface area (Å²) in [5, 5.41) is 10.1. The standard InChI is InChI=1S/C18H29N5OS.HI/c1-12(17-19-6-7-25-17)10-20-18(21-11-16(24)23(2)3)22-15-9-13-4-5-14(15)8-13;/h6-7,12-15H,4-5,8-11H2,1-3H3,(H2,20,21,22);1H. The quantitative estimate of drug-likeness (QED) is 0.365. The zero-order valence-electron chi connectivity index (χ0n) is 15.8. The number of nitrogens with one attached hydrogen (secondary N) is 2. The Morgan fingerprint density at radius 3 is 2.81 bits per heavy atom. The summed E-state index contributed by atoms with van der Waals surface area (Å²) in [6.07, 6.45) is 7.12. The van der Waals surface area contributed by atoms with E-state index in [1.165, 1.54) is 25.7 Å².